The zero-order chi connectivity index (χ0) is 24.9. The van der Waals surface area contributed by atoms with Crippen LogP contribution in [0.5, 0.6) is 0 Å². The molecule has 5 rings (SSSR count). The number of carbonyl (C=O) groups is 2. The highest BCUT2D eigenvalue weighted by molar-refractivity contribution is 5.85. The summed E-state index contributed by atoms with van der Waals surface area (Å²) in [7, 11) is 0. The first kappa shape index (κ1) is 24.5. The quantitative estimate of drug-likeness (QED) is 0.466. The predicted molar refractivity (Wildman–Crippen MR) is 133 cm³/mol. The number of Topliss-reactive ketones (excluding diaryl/α,β-unsaturated/α-hetero) is 1. The lowest BCUT2D eigenvalue weighted by Gasteiger charge is -2.71. The van der Waals surface area contributed by atoms with Crippen molar-refractivity contribution in [3.05, 3.63) is 11.6 Å². The van der Waals surface area contributed by atoms with Gasteiger partial charge in [-0.25, -0.2) is 0 Å². The van der Waals surface area contributed by atoms with E-state index in [0.29, 0.717) is 30.5 Å². The number of carboxylic acids is 1. The van der Waals surface area contributed by atoms with E-state index in [0.717, 1.165) is 44.9 Å². The van der Waals surface area contributed by atoms with Gasteiger partial charge < -0.3 is 10.2 Å². The molecule has 34 heavy (non-hydrogen) atoms. The third-order valence-corrected chi connectivity index (χ3v) is 13.1. The van der Waals surface area contributed by atoms with Crippen molar-refractivity contribution in [3.63, 3.8) is 0 Å². The zero-order valence-corrected chi connectivity index (χ0v) is 22.2. The maximum Gasteiger partial charge on any atom is 0.306 e. The molecule has 0 aliphatic heterocycles. The summed E-state index contributed by atoms with van der Waals surface area (Å²) in [6, 6.07) is 0. The number of rotatable bonds is 2. The average molecular weight is 471 g/mol. The first-order chi connectivity index (χ1) is 15.8. The number of hydrogen-bond acceptors (Lipinski definition) is 3. The first-order valence-corrected chi connectivity index (χ1v) is 13.9. The molecular weight excluding hydrogens is 424 g/mol. The summed E-state index contributed by atoms with van der Waals surface area (Å²) in [5.41, 5.74) is 1.37. The Morgan fingerprint density at radius 1 is 1.00 bits per heavy atom. The number of fused-ring (bicyclic) bond motifs is 7. The standard InChI is InChI=1S/C30H46O4/c1-18-19(25(33)34)9-14-30(17-31)16-15-28(5)20(24(18)30)7-8-22-27(4)12-11-23(32)26(2,3)21(27)10-13-29(22,28)6/h7,18-19,21-22,24,31H,8-17H2,1-6H3,(H,33,34)/t18-,19+,21-,22+,24-,27-,28+,29+,30+/m0/s1. The number of allylic oxidation sites excluding steroid dienone is 2. The molecule has 0 spiro atoms. The SMILES string of the molecule is C[C@@H]1[C@H]2C3=CC[C@@H]4[C@@]5(C)CCC(=O)C(C)(C)[C@@H]5CC[C@@]4(C)[C@]3(C)CC[C@@]2(CO)CC[C@H]1C(=O)O. The van der Waals surface area contributed by atoms with Gasteiger partial charge in [0.15, 0.2) is 0 Å². The second-order valence-corrected chi connectivity index (χ2v) is 14.3. The van der Waals surface area contributed by atoms with Crippen molar-refractivity contribution >= 4 is 11.8 Å². The van der Waals surface area contributed by atoms with Crippen molar-refractivity contribution in [2.75, 3.05) is 6.61 Å². The lowest BCUT2D eigenvalue weighted by molar-refractivity contribution is -0.189. The van der Waals surface area contributed by atoms with E-state index in [4.69, 9.17) is 0 Å². The smallest absolute Gasteiger partial charge is 0.306 e. The Morgan fingerprint density at radius 3 is 2.35 bits per heavy atom. The van der Waals surface area contributed by atoms with E-state index in [1.165, 1.54) is 5.57 Å². The minimum atomic E-state index is -0.672. The molecule has 0 aromatic rings. The molecule has 4 fully saturated rings. The fraction of sp³-hybridized carbons (Fsp3) is 0.867. The number of aliphatic hydroxyl groups excluding tert-OH is 1. The van der Waals surface area contributed by atoms with Crippen LogP contribution in [0.3, 0.4) is 0 Å². The van der Waals surface area contributed by atoms with Crippen LogP contribution in [0.15, 0.2) is 11.6 Å². The van der Waals surface area contributed by atoms with Crippen LogP contribution >= 0.6 is 0 Å². The fourth-order valence-electron chi connectivity index (χ4n) is 10.9. The lowest BCUT2D eigenvalue weighted by Crippen LogP contribution is -2.64. The molecule has 5 aliphatic rings. The van der Waals surface area contributed by atoms with Gasteiger partial charge in [0.2, 0.25) is 0 Å². The van der Waals surface area contributed by atoms with E-state index in [2.05, 4.69) is 47.6 Å². The molecule has 0 amide bonds. The summed E-state index contributed by atoms with van der Waals surface area (Å²) < 4.78 is 0. The summed E-state index contributed by atoms with van der Waals surface area (Å²) >= 11 is 0. The molecule has 0 heterocycles. The summed E-state index contributed by atoms with van der Waals surface area (Å²) in [5, 5.41) is 20.6. The molecule has 0 radical (unpaired) electrons. The second kappa shape index (κ2) is 7.43. The van der Waals surface area contributed by atoms with E-state index in [1.807, 2.05) is 0 Å². The highest BCUT2D eigenvalue weighted by Crippen LogP contribution is 2.75. The van der Waals surface area contributed by atoms with Gasteiger partial charge >= 0.3 is 5.97 Å². The molecular formula is C30H46O4. The number of hydrogen-bond donors (Lipinski definition) is 2. The Morgan fingerprint density at radius 2 is 1.71 bits per heavy atom. The average Bonchev–Trinajstić information content (AvgIpc) is 2.77. The van der Waals surface area contributed by atoms with Gasteiger partial charge in [0, 0.05) is 23.9 Å². The Balaban J connectivity index is 1.60. The fourth-order valence-corrected chi connectivity index (χ4v) is 10.9. The van der Waals surface area contributed by atoms with Gasteiger partial charge in [-0.2, -0.15) is 0 Å². The Bertz CT molecular complexity index is 934. The van der Waals surface area contributed by atoms with Gasteiger partial charge in [0.25, 0.3) is 0 Å². The maximum atomic E-state index is 12.9. The Kier molecular flexibility index (Phi) is 5.36. The molecule has 0 aromatic carbocycles. The normalized spacial score (nSPS) is 51.9. The number of aliphatic carboxylic acids is 1. The number of carbonyl (C=O) groups excluding carboxylic acids is 1. The van der Waals surface area contributed by atoms with Crippen molar-refractivity contribution in [3.8, 4) is 0 Å². The van der Waals surface area contributed by atoms with Crippen LogP contribution < -0.4 is 0 Å². The molecule has 4 heteroatoms. The number of carboxylic acid groups (broad SMARTS) is 1. The zero-order valence-electron chi connectivity index (χ0n) is 22.2. The third kappa shape index (κ3) is 2.81. The second-order valence-electron chi connectivity index (χ2n) is 14.3. The summed E-state index contributed by atoms with van der Waals surface area (Å²) in [5.74, 6) is 0.615. The van der Waals surface area contributed by atoms with Crippen molar-refractivity contribution in [1.82, 2.24) is 0 Å². The van der Waals surface area contributed by atoms with Gasteiger partial charge in [-0.05, 0) is 91.3 Å². The van der Waals surface area contributed by atoms with E-state index in [1.54, 1.807) is 0 Å². The van der Waals surface area contributed by atoms with Gasteiger partial charge in [0.1, 0.15) is 5.78 Å². The maximum absolute atomic E-state index is 12.9. The summed E-state index contributed by atoms with van der Waals surface area (Å²) in [6.45, 7) is 14.2. The van der Waals surface area contributed by atoms with E-state index in [-0.39, 0.29) is 51.4 Å². The molecule has 190 valence electrons. The van der Waals surface area contributed by atoms with Crippen molar-refractivity contribution < 1.29 is 19.8 Å². The van der Waals surface area contributed by atoms with Crippen LogP contribution in [0, 0.1) is 56.7 Å². The molecule has 5 aliphatic carbocycles. The van der Waals surface area contributed by atoms with Gasteiger partial charge in [-0.3, -0.25) is 9.59 Å². The number of ketones is 1. The minimum Gasteiger partial charge on any atom is -0.481 e. The number of aliphatic hydroxyl groups is 1. The monoisotopic (exact) mass is 470 g/mol. The minimum absolute atomic E-state index is 0.0213. The molecule has 0 saturated heterocycles. The third-order valence-electron chi connectivity index (χ3n) is 13.1. The van der Waals surface area contributed by atoms with Gasteiger partial charge in [0.05, 0.1) is 5.92 Å². The van der Waals surface area contributed by atoms with E-state index >= 15 is 0 Å². The van der Waals surface area contributed by atoms with Gasteiger partial charge in [-0.15, -0.1) is 0 Å². The van der Waals surface area contributed by atoms with Crippen LogP contribution in [0.25, 0.3) is 0 Å². The van der Waals surface area contributed by atoms with Crippen LogP contribution in [-0.4, -0.2) is 28.6 Å². The topological polar surface area (TPSA) is 74.6 Å². The van der Waals surface area contributed by atoms with Crippen LogP contribution in [-0.2, 0) is 9.59 Å². The molecule has 0 aromatic heterocycles. The summed E-state index contributed by atoms with van der Waals surface area (Å²) in [4.78, 5) is 25.0. The molecule has 9 atom stereocenters. The summed E-state index contributed by atoms with van der Waals surface area (Å²) in [6.07, 6.45) is 11.1. The van der Waals surface area contributed by atoms with Crippen LogP contribution in [0.4, 0.5) is 0 Å². The van der Waals surface area contributed by atoms with Crippen molar-refractivity contribution in [1.29, 1.82) is 0 Å². The molecule has 0 unspecified atom stereocenters. The lowest BCUT2D eigenvalue weighted by atomic mass is 9.33. The van der Waals surface area contributed by atoms with Gasteiger partial charge in [-0.1, -0.05) is 53.2 Å². The largest absolute Gasteiger partial charge is 0.481 e. The molecule has 2 N–H and O–H groups in total. The van der Waals surface area contributed by atoms with Crippen molar-refractivity contribution in [2.24, 2.45) is 56.7 Å². The predicted octanol–water partition coefficient (Wildman–Crippen LogP) is 6.27. The highest BCUT2D eigenvalue weighted by atomic mass is 16.4. The van der Waals surface area contributed by atoms with Crippen LogP contribution in [0.2, 0.25) is 0 Å². The van der Waals surface area contributed by atoms with Crippen molar-refractivity contribution in [2.45, 2.75) is 99.3 Å². The van der Waals surface area contributed by atoms with E-state index < -0.39 is 5.97 Å². The Hall–Kier alpha value is -1.16. The highest BCUT2D eigenvalue weighted by Gasteiger charge is 2.68. The molecule has 4 saturated carbocycles. The molecule has 4 nitrogen and oxygen atoms in total. The molecule has 0 bridgehead atoms. The Labute approximate surface area is 206 Å². The first-order valence-electron chi connectivity index (χ1n) is 13.9. The van der Waals surface area contributed by atoms with E-state index in [9.17, 15) is 19.8 Å². The van der Waals surface area contributed by atoms with Crippen LogP contribution in [0.1, 0.15) is 99.3 Å².